The van der Waals surface area contributed by atoms with E-state index in [1.807, 2.05) is 31.1 Å². The predicted molar refractivity (Wildman–Crippen MR) is 81.7 cm³/mol. The van der Waals surface area contributed by atoms with Crippen molar-refractivity contribution in [1.82, 2.24) is 4.98 Å². The van der Waals surface area contributed by atoms with E-state index >= 15 is 0 Å². The number of aromatic nitrogens is 1. The summed E-state index contributed by atoms with van der Waals surface area (Å²) in [5, 5.41) is 8.86. The fourth-order valence-electron chi connectivity index (χ4n) is 1.81. The SMILES string of the molecule is CN(C)c1ccccc1NS(=O)(=O)c1ccc(CO)cn1. The van der Waals surface area contributed by atoms with Crippen LogP contribution in [-0.2, 0) is 16.6 Å². The number of benzene rings is 1. The van der Waals surface area contributed by atoms with Crippen LogP contribution in [0.25, 0.3) is 0 Å². The summed E-state index contributed by atoms with van der Waals surface area (Å²) in [6.07, 6.45) is 1.34. The summed E-state index contributed by atoms with van der Waals surface area (Å²) < 4.78 is 27.2. The number of para-hydroxylation sites is 2. The predicted octanol–water partition coefficient (Wildman–Crippen LogP) is 1.44. The molecule has 0 atom stereocenters. The first kappa shape index (κ1) is 15.3. The zero-order valence-electron chi connectivity index (χ0n) is 11.8. The molecule has 0 unspecified atom stereocenters. The van der Waals surface area contributed by atoms with Gasteiger partial charge in [0.15, 0.2) is 5.03 Å². The highest BCUT2D eigenvalue weighted by Crippen LogP contribution is 2.25. The van der Waals surface area contributed by atoms with Crippen LogP contribution in [-0.4, -0.2) is 32.6 Å². The first-order valence-electron chi connectivity index (χ1n) is 6.29. The molecule has 0 aliphatic rings. The average molecular weight is 307 g/mol. The molecule has 0 bridgehead atoms. The Bertz CT molecular complexity index is 712. The van der Waals surface area contributed by atoms with Crippen molar-refractivity contribution in [3.8, 4) is 0 Å². The number of nitrogens with zero attached hydrogens (tertiary/aromatic N) is 2. The van der Waals surface area contributed by atoms with E-state index in [1.54, 1.807) is 12.1 Å². The van der Waals surface area contributed by atoms with Crippen LogP contribution >= 0.6 is 0 Å². The summed E-state index contributed by atoms with van der Waals surface area (Å²) in [7, 11) is -0.0942. The molecule has 1 aromatic carbocycles. The molecule has 0 fully saturated rings. The van der Waals surface area contributed by atoms with Gasteiger partial charge in [-0.05, 0) is 23.8 Å². The van der Waals surface area contributed by atoms with E-state index in [4.69, 9.17) is 5.11 Å². The number of pyridine rings is 1. The lowest BCUT2D eigenvalue weighted by molar-refractivity contribution is 0.281. The van der Waals surface area contributed by atoms with Gasteiger partial charge in [-0.1, -0.05) is 18.2 Å². The molecule has 21 heavy (non-hydrogen) atoms. The maximum atomic E-state index is 12.3. The van der Waals surface area contributed by atoms with Crippen LogP contribution in [0.2, 0.25) is 0 Å². The quantitative estimate of drug-likeness (QED) is 0.873. The smallest absolute Gasteiger partial charge is 0.279 e. The number of hydrogen-bond donors (Lipinski definition) is 2. The Labute approximate surface area is 124 Å². The molecule has 0 radical (unpaired) electrons. The molecule has 2 aromatic rings. The largest absolute Gasteiger partial charge is 0.392 e. The number of rotatable bonds is 5. The Hall–Kier alpha value is -2.12. The molecule has 1 aromatic heterocycles. The van der Waals surface area contributed by atoms with Gasteiger partial charge < -0.3 is 10.0 Å². The maximum absolute atomic E-state index is 12.3. The summed E-state index contributed by atoms with van der Waals surface area (Å²) in [5.41, 5.74) is 1.80. The molecule has 0 aliphatic heterocycles. The number of sulfonamides is 1. The van der Waals surface area contributed by atoms with Gasteiger partial charge >= 0.3 is 0 Å². The lowest BCUT2D eigenvalue weighted by Gasteiger charge is -2.18. The van der Waals surface area contributed by atoms with Crippen LogP contribution in [0.5, 0.6) is 0 Å². The van der Waals surface area contributed by atoms with E-state index < -0.39 is 10.0 Å². The highest BCUT2D eigenvalue weighted by Gasteiger charge is 2.17. The summed E-state index contributed by atoms with van der Waals surface area (Å²) in [6.45, 7) is -0.176. The van der Waals surface area contributed by atoms with Crippen LogP contribution in [0.4, 0.5) is 11.4 Å². The van der Waals surface area contributed by atoms with Crippen molar-refractivity contribution in [2.24, 2.45) is 0 Å². The van der Waals surface area contributed by atoms with Crippen molar-refractivity contribution in [2.75, 3.05) is 23.7 Å². The van der Waals surface area contributed by atoms with E-state index in [-0.39, 0.29) is 11.6 Å². The van der Waals surface area contributed by atoms with Gasteiger partial charge in [-0.25, -0.2) is 4.98 Å². The van der Waals surface area contributed by atoms with Gasteiger partial charge in [-0.15, -0.1) is 0 Å². The molecular weight excluding hydrogens is 290 g/mol. The van der Waals surface area contributed by atoms with Gasteiger partial charge in [0, 0.05) is 20.3 Å². The molecule has 6 nitrogen and oxygen atoms in total. The summed E-state index contributed by atoms with van der Waals surface area (Å²) in [5.74, 6) is 0. The first-order chi connectivity index (χ1) is 9.94. The van der Waals surface area contributed by atoms with Gasteiger partial charge in [0.1, 0.15) is 0 Å². The van der Waals surface area contributed by atoms with E-state index in [0.717, 1.165) is 5.69 Å². The van der Waals surface area contributed by atoms with Gasteiger partial charge in [-0.2, -0.15) is 8.42 Å². The molecule has 1 heterocycles. The standard InChI is InChI=1S/C14H17N3O3S/c1-17(2)13-6-4-3-5-12(13)16-21(19,20)14-8-7-11(10-18)9-15-14/h3-9,16,18H,10H2,1-2H3. The second-order valence-corrected chi connectivity index (χ2v) is 6.31. The average Bonchev–Trinajstić information content (AvgIpc) is 2.47. The Morgan fingerprint density at radius 2 is 1.90 bits per heavy atom. The van der Waals surface area contributed by atoms with Crippen molar-refractivity contribution >= 4 is 21.4 Å². The maximum Gasteiger partial charge on any atom is 0.279 e. The van der Waals surface area contributed by atoms with Crippen LogP contribution in [0.15, 0.2) is 47.6 Å². The molecule has 0 saturated heterocycles. The fourth-order valence-corrected chi connectivity index (χ4v) is 2.82. The van der Waals surface area contributed by atoms with Crippen molar-refractivity contribution in [2.45, 2.75) is 11.6 Å². The van der Waals surface area contributed by atoms with E-state index in [1.165, 1.54) is 18.3 Å². The lowest BCUT2D eigenvalue weighted by atomic mass is 10.2. The van der Waals surface area contributed by atoms with Crippen molar-refractivity contribution < 1.29 is 13.5 Å². The van der Waals surface area contributed by atoms with Gasteiger partial charge in [-0.3, -0.25) is 4.72 Å². The third-order valence-corrected chi connectivity index (χ3v) is 4.17. The monoisotopic (exact) mass is 307 g/mol. The Kier molecular flexibility index (Phi) is 4.44. The summed E-state index contributed by atoms with van der Waals surface area (Å²) in [6, 6.07) is 10.00. The van der Waals surface area contributed by atoms with E-state index in [9.17, 15) is 8.42 Å². The number of aliphatic hydroxyl groups excluding tert-OH is 1. The molecule has 2 N–H and O–H groups in total. The Balaban J connectivity index is 2.33. The fraction of sp³-hybridized carbons (Fsp3) is 0.214. The third-order valence-electron chi connectivity index (χ3n) is 2.89. The molecular formula is C14H17N3O3S. The van der Waals surface area contributed by atoms with E-state index in [0.29, 0.717) is 11.3 Å². The number of nitrogens with one attached hydrogen (secondary N) is 1. The van der Waals surface area contributed by atoms with Crippen LogP contribution in [0.1, 0.15) is 5.56 Å². The number of hydrogen-bond acceptors (Lipinski definition) is 5. The van der Waals surface area contributed by atoms with Crippen molar-refractivity contribution in [1.29, 1.82) is 0 Å². The first-order valence-corrected chi connectivity index (χ1v) is 7.77. The normalized spacial score (nSPS) is 11.2. The molecule has 2 rings (SSSR count). The molecule has 0 amide bonds. The van der Waals surface area contributed by atoms with Crippen LogP contribution in [0.3, 0.4) is 0 Å². The summed E-state index contributed by atoms with van der Waals surface area (Å²) >= 11 is 0. The highest BCUT2D eigenvalue weighted by atomic mass is 32.2. The van der Waals surface area contributed by atoms with Crippen molar-refractivity contribution in [3.05, 3.63) is 48.2 Å². The minimum absolute atomic E-state index is 0.0896. The van der Waals surface area contributed by atoms with Gasteiger partial charge in [0.05, 0.1) is 18.0 Å². The van der Waals surface area contributed by atoms with Gasteiger partial charge in [0.2, 0.25) is 0 Å². The second-order valence-electron chi connectivity index (χ2n) is 4.68. The zero-order chi connectivity index (χ0) is 15.5. The highest BCUT2D eigenvalue weighted by molar-refractivity contribution is 7.92. The minimum atomic E-state index is -3.76. The summed E-state index contributed by atoms with van der Waals surface area (Å²) in [4.78, 5) is 5.69. The molecule has 0 saturated carbocycles. The third kappa shape index (κ3) is 3.50. The molecule has 7 heteroatoms. The number of anilines is 2. The number of aliphatic hydroxyl groups is 1. The molecule has 112 valence electrons. The van der Waals surface area contributed by atoms with Gasteiger partial charge in [0.25, 0.3) is 10.0 Å². The van der Waals surface area contributed by atoms with E-state index in [2.05, 4.69) is 9.71 Å². The van der Waals surface area contributed by atoms with Crippen LogP contribution in [0, 0.1) is 0 Å². The van der Waals surface area contributed by atoms with Crippen LogP contribution < -0.4 is 9.62 Å². The Morgan fingerprint density at radius 3 is 2.48 bits per heavy atom. The lowest BCUT2D eigenvalue weighted by Crippen LogP contribution is -2.18. The zero-order valence-corrected chi connectivity index (χ0v) is 12.6. The second kappa shape index (κ2) is 6.11. The van der Waals surface area contributed by atoms with Crippen molar-refractivity contribution in [3.63, 3.8) is 0 Å². The Morgan fingerprint density at radius 1 is 1.19 bits per heavy atom. The molecule has 0 spiro atoms. The molecule has 0 aliphatic carbocycles. The topological polar surface area (TPSA) is 82.5 Å². The minimum Gasteiger partial charge on any atom is -0.392 e.